The van der Waals surface area contributed by atoms with Crippen LogP contribution < -0.4 is 10.6 Å². The molecule has 162 valence electrons. The van der Waals surface area contributed by atoms with Crippen LogP contribution in [0.3, 0.4) is 0 Å². The van der Waals surface area contributed by atoms with Gasteiger partial charge in [0.25, 0.3) is 11.8 Å². The Hall–Kier alpha value is -3.56. The van der Waals surface area contributed by atoms with E-state index in [0.717, 1.165) is 11.1 Å². The molecule has 0 unspecified atom stereocenters. The number of carbonyl (C=O) groups is 3. The van der Waals surface area contributed by atoms with Gasteiger partial charge in [0.1, 0.15) is 5.75 Å². The van der Waals surface area contributed by atoms with Crippen molar-refractivity contribution in [1.82, 2.24) is 10.6 Å². The quantitative estimate of drug-likeness (QED) is 0.174. The molecule has 10 nitrogen and oxygen atoms in total. The van der Waals surface area contributed by atoms with Gasteiger partial charge in [0.05, 0.1) is 12.0 Å². The van der Waals surface area contributed by atoms with E-state index in [1.54, 1.807) is 24.3 Å². The number of carboxylic acid groups (broad SMARTS) is 1. The SMILES string of the molecule is [N-]=[N+]=NC[C@H](CC(=O)O)NC(=O)c1ccc(CNC(=O)c2ccc(CBr)cc2O)cc1. The highest BCUT2D eigenvalue weighted by molar-refractivity contribution is 9.08. The Morgan fingerprint density at radius 2 is 1.77 bits per heavy atom. The fourth-order valence-corrected chi connectivity index (χ4v) is 3.03. The number of hydrogen-bond donors (Lipinski definition) is 4. The Morgan fingerprint density at radius 3 is 2.35 bits per heavy atom. The number of phenols is 1. The maximum atomic E-state index is 12.3. The molecule has 0 fully saturated rings. The number of amides is 2. The number of aliphatic carboxylic acids is 1. The number of rotatable bonds is 10. The maximum absolute atomic E-state index is 12.3. The summed E-state index contributed by atoms with van der Waals surface area (Å²) in [5.41, 5.74) is 10.4. The topological polar surface area (TPSA) is 164 Å². The van der Waals surface area contributed by atoms with Crippen LogP contribution >= 0.6 is 15.9 Å². The van der Waals surface area contributed by atoms with E-state index in [-0.39, 0.29) is 36.4 Å². The van der Waals surface area contributed by atoms with Gasteiger partial charge in [-0.05, 0) is 40.9 Å². The fourth-order valence-electron chi connectivity index (χ4n) is 2.68. The van der Waals surface area contributed by atoms with E-state index in [9.17, 15) is 19.5 Å². The van der Waals surface area contributed by atoms with Gasteiger partial charge in [0, 0.05) is 34.9 Å². The number of hydrogen-bond acceptors (Lipinski definition) is 5. The van der Waals surface area contributed by atoms with Crippen molar-refractivity contribution in [3.05, 3.63) is 75.2 Å². The summed E-state index contributed by atoms with van der Waals surface area (Å²) in [6.45, 7) is 0.00100. The number of alkyl halides is 1. The largest absolute Gasteiger partial charge is 0.507 e. The van der Waals surface area contributed by atoms with Crippen molar-refractivity contribution in [2.75, 3.05) is 6.54 Å². The predicted molar refractivity (Wildman–Crippen MR) is 116 cm³/mol. The molecule has 0 aliphatic heterocycles. The summed E-state index contributed by atoms with van der Waals surface area (Å²) in [4.78, 5) is 38.0. The van der Waals surface area contributed by atoms with Gasteiger partial charge in [0.15, 0.2) is 0 Å². The lowest BCUT2D eigenvalue weighted by Gasteiger charge is -2.14. The molecule has 2 amide bonds. The molecule has 2 aromatic rings. The minimum Gasteiger partial charge on any atom is -0.507 e. The second-order valence-electron chi connectivity index (χ2n) is 6.55. The molecule has 1 atom stereocenters. The van der Waals surface area contributed by atoms with E-state index in [0.29, 0.717) is 5.33 Å². The second-order valence-corrected chi connectivity index (χ2v) is 7.11. The monoisotopic (exact) mass is 489 g/mol. The zero-order chi connectivity index (χ0) is 22.8. The Kier molecular flexibility index (Phi) is 8.86. The minimum atomic E-state index is -1.13. The first kappa shape index (κ1) is 23.7. The molecule has 0 spiro atoms. The Bertz CT molecular complexity index is 1000. The number of carboxylic acids is 1. The van der Waals surface area contributed by atoms with Crippen LogP contribution in [0.1, 0.15) is 38.3 Å². The van der Waals surface area contributed by atoms with Crippen molar-refractivity contribution in [2.24, 2.45) is 5.11 Å². The van der Waals surface area contributed by atoms with Crippen molar-refractivity contribution in [3.63, 3.8) is 0 Å². The molecule has 2 rings (SSSR count). The van der Waals surface area contributed by atoms with E-state index in [4.69, 9.17) is 10.6 Å². The van der Waals surface area contributed by atoms with E-state index < -0.39 is 23.8 Å². The fraction of sp³-hybridized carbons (Fsp3) is 0.250. The van der Waals surface area contributed by atoms with Gasteiger partial charge in [-0.3, -0.25) is 14.4 Å². The molecule has 0 bridgehead atoms. The van der Waals surface area contributed by atoms with E-state index in [1.807, 2.05) is 0 Å². The molecule has 0 aromatic heterocycles. The highest BCUT2D eigenvalue weighted by Gasteiger charge is 2.16. The Balaban J connectivity index is 1.96. The number of nitrogens with zero attached hydrogens (tertiary/aromatic N) is 3. The Morgan fingerprint density at radius 1 is 1.10 bits per heavy atom. The van der Waals surface area contributed by atoms with Gasteiger partial charge >= 0.3 is 5.97 Å². The van der Waals surface area contributed by atoms with Crippen LogP contribution in [0, 0.1) is 0 Å². The number of benzene rings is 2. The summed E-state index contributed by atoms with van der Waals surface area (Å²) in [6.07, 6.45) is -0.377. The van der Waals surface area contributed by atoms with Crippen LogP contribution in [0.5, 0.6) is 5.75 Å². The summed E-state index contributed by atoms with van der Waals surface area (Å²) in [5.74, 6) is -2.18. The van der Waals surface area contributed by atoms with Crippen LogP contribution in [-0.2, 0) is 16.7 Å². The third-order valence-corrected chi connectivity index (χ3v) is 4.90. The zero-order valence-electron chi connectivity index (χ0n) is 16.3. The van der Waals surface area contributed by atoms with Gasteiger partial charge in [-0.15, -0.1) is 0 Å². The summed E-state index contributed by atoms with van der Waals surface area (Å²) >= 11 is 3.28. The normalized spacial score (nSPS) is 11.1. The molecule has 11 heteroatoms. The zero-order valence-corrected chi connectivity index (χ0v) is 17.9. The number of nitrogens with one attached hydrogen (secondary N) is 2. The first-order chi connectivity index (χ1) is 14.8. The average molecular weight is 490 g/mol. The van der Waals surface area contributed by atoms with Gasteiger partial charge in [-0.1, -0.05) is 39.2 Å². The van der Waals surface area contributed by atoms with Crippen LogP contribution in [-0.4, -0.2) is 40.6 Å². The lowest BCUT2D eigenvalue weighted by Crippen LogP contribution is -2.38. The number of phenolic OH excluding ortho intramolecular Hbond substituents is 1. The number of halogens is 1. The summed E-state index contributed by atoms with van der Waals surface area (Å²) in [6, 6.07) is 10.3. The lowest BCUT2D eigenvalue weighted by molar-refractivity contribution is -0.137. The number of aromatic hydroxyl groups is 1. The van der Waals surface area contributed by atoms with Crippen LogP contribution in [0.15, 0.2) is 47.6 Å². The molecule has 0 heterocycles. The summed E-state index contributed by atoms with van der Waals surface area (Å²) in [5, 5.41) is 28.0. The van der Waals surface area contributed by atoms with Crippen molar-refractivity contribution >= 4 is 33.7 Å². The maximum Gasteiger partial charge on any atom is 0.305 e. The van der Waals surface area contributed by atoms with Crippen molar-refractivity contribution in [2.45, 2.75) is 24.3 Å². The summed E-state index contributed by atoms with van der Waals surface area (Å²) in [7, 11) is 0. The second kappa shape index (κ2) is 11.6. The highest BCUT2D eigenvalue weighted by atomic mass is 79.9. The van der Waals surface area contributed by atoms with Gasteiger partial charge in [-0.25, -0.2) is 0 Å². The molecule has 31 heavy (non-hydrogen) atoms. The average Bonchev–Trinajstić information content (AvgIpc) is 2.75. The van der Waals surface area contributed by atoms with Crippen LogP contribution in [0.4, 0.5) is 0 Å². The first-order valence-electron chi connectivity index (χ1n) is 9.12. The number of carbonyl (C=O) groups excluding carboxylic acids is 2. The Labute approximate surface area is 186 Å². The van der Waals surface area contributed by atoms with Crippen LogP contribution in [0.2, 0.25) is 0 Å². The van der Waals surface area contributed by atoms with Gasteiger partial charge in [-0.2, -0.15) is 0 Å². The molecule has 2 aromatic carbocycles. The van der Waals surface area contributed by atoms with Gasteiger partial charge in [0.2, 0.25) is 0 Å². The van der Waals surface area contributed by atoms with Crippen molar-refractivity contribution < 1.29 is 24.6 Å². The standard InChI is InChI=1S/C20H20BrN5O5/c21-9-13-3-6-16(17(27)7-13)20(31)23-10-12-1-4-14(5-2-12)19(30)25-15(8-18(28)29)11-24-26-22/h1-7,15,27H,8-11H2,(H,23,31)(H,25,30)(H,28,29)/t15-/m0/s1. The van der Waals surface area contributed by atoms with Crippen LogP contribution in [0.25, 0.3) is 10.4 Å². The molecule has 0 radical (unpaired) electrons. The molecular formula is C20H20BrN5O5. The first-order valence-corrected chi connectivity index (χ1v) is 10.2. The third kappa shape index (κ3) is 7.32. The molecule has 0 aliphatic carbocycles. The van der Waals surface area contributed by atoms with Crippen molar-refractivity contribution in [1.29, 1.82) is 0 Å². The molecule has 0 saturated carbocycles. The van der Waals surface area contributed by atoms with Crippen molar-refractivity contribution in [3.8, 4) is 5.75 Å². The number of azide groups is 1. The van der Waals surface area contributed by atoms with E-state index in [1.165, 1.54) is 18.2 Å². The predicted octanol–water partition coefficient (Wildman–Crippen LogP) is 3.10. The third-order valence-electron chi connectivity index (χ3n) is 4.25. The molecule has 4 N–H and O–H groups in total. The smallest absolute Gasteiger partial charge is 0.305 e. The highest BCUT2D eigenvalue weighted by Crippen LogP contribution is 2.20. The molecular weight excluding hydrogens is 470 g/mol. The summed E-state index contributed by atoms with van der Waals surface area (Å²) < 4.78 is 0. The molecule has 0 aliphatic rings. The lowest BCUT2D eigenvalue weighted by atomic mass is 10.1. The van der Waals surface area contributed by atoms with E-state index >= 15 is 0 Å². The molecule has 0 saturated heterocycles. The van der Waals surface area contributed by atoms with Gasteiger partial charge < -0.3 is 20.8 Å². The van der Waals surface area contributed by atoms with E-state index in [2.05, 4.69) is 36.6 Å². The minimum absolute atomic E-state index is 0.113.